The molecule has 0 aliphatic rings. The van der Waals surface area contributed by atoms with Crippen molar-refractivity contribution in [2.45, 2.75) is 13.0 Å². The van der Waals surface area contributed by atoms with Gasteiger partial charge in [-0.3, -0.25) is 14.9 Å². The lowest BCUT2D eigenvalue weighted by molar-refractivity contribution is -0.386. The van der Waals surface area contributed by atoms with Crippen molar-refractivity contribution in [1.82, 2.24) is 4.90 Å². The lowest BCUT2D eigenvalue weighted by atomic mass is 10.1. The fourth-order valence-electron chi connectivity index (χ4n) is 2.12. The quantitative estimate of drug-likeness (QED) is 0.628. The average Bonchev–Trinajstić information content (AvgIpc) is 2.53. The third kappa shape index (κ3) is 3.85. The van der Waals surface area contributed by atoms with E-state index in [4.69, 9.17) is 4.74 Å². The topological polar surface area (TPSA) is 72.7 Å². The van der Waals surface area contributed by atoms with Gasteiger partial charge in [0.15, 0.2) is 5.75 Å². The largest absolute Gasteiger partial charge is 0.469 e. The first-order chi connectivity index (χ1) is 10.9. The van der Waals surface area contributed by atoms with Gasteiger partial charge in [0.1, 0.15) is 0 Å². The molecule has 2 aromatic rings. The molecule has 120 valence electrons. The van der Waals surface area contributed by atoms with Gasteiger partial charge in [0.25, 0.3) is 5.91 Å². The van der Waals surface area contributed by atoms with Crippen LogP contribution in [-0.4, -0.2) is 29.8 Å². The number of aryl methyl sites for hydroxylation is 1. The second-order valence-corrected chi connectivity index (χ2v) is 5.37. The highest BCUT2D eigenvalue weighted by Crippen LogP contribution is 2.32. The Bertz CT molecular complexity index is 714. The van der Waals surface area contributed by atoms with Gasteiger partial charge in [-0.05, 0) is 18.6 Å². The number of amides is 1. The monoisotopic (exact) mass is 314 g/mol. The van der Waals surface area contributed by atoms with E-state index in [0.29, 0.717) is 5.56 Å². The Balaban J connectivity index is 2.43. The van der Waals surface area contributed by atoms with E-state index < -0.39 is 11.0 Å². The minimum Gasteiger partial charge on any atom is -0.469 e. The van der Waals surface area contributed by atoms with E-state index in [2.05, 4.69) is 0 Å². The number of likely N-dealkylation sites (N-methyl/N-ethyl adjacent to an activating group) is 1. The van der Waals surface area contributed by atoms with Gasteiger partial charge < -0.3 is 9.64 Å². The maximum atomic E-state index is 12.4. The Kier molecular flexibility index (Phi) is 4.95. The number of rotatable bonds is 5. The predicted molar refractivity (Wildman–Crippen MR) is 86.3 cm³/mol. The molecule has 0 aromatic heterocycles. The van der Waals surface area contributed by atoms with Crippen LogP contribution in [-0.2, 0) is 4.79 Å². The van der Waals surface area contributed by atoms with Crippen LogP contribution >= 0.6 is 0 Å². The number of nitrogens with zero attached hydrogens (tertiary/aromatic N) is 2. The summed E-state index contributed by atoms with van der Waals surface area (Å²) >= 11 is 0. The molecular formula is C17H18N2O4. The van der Waals surface area contributed by atoms with Crippen molar-refractivity contribution in [2.75, 3.05) is 14.1 Å². The fraction of sp³-hybridized carbons (Fsp3) is 0.235. The van der Waals surface area contributed by atoms with Crippen LogP contribution < -0.4 is 4.74 Å². The summed E-state index contributed by atoms with van der Waals surface area (Å²) in [5, 5.41) is 11.2. The first-order valence-electron chi connectivity index (χ1n) is 7.08. The summed E-state index contributed by atoms with van der Waals surface area (Å²) in [6.07, 6.45) is -0.937. The van der Waals surface area contributed by atoms with Gasteiger partial charge in [-0.15, -0.1) is 0 Å². The van der Waals surface area contributed by atoms with E-state index >= 15 is 0 Å². The van der Waals surface area contributed by atoms with Crippen molar-refractivity contribution in [3.63, 3.8) is 0 Å². The van der Waals surface area contributed by atoms with Gasteiger partial charge in [0, 0.05) is 25.7 Å². The van der Waals surface area contributed by atoms with E-state index in [-0.39, 0.29) is 17.3 Å². The molecule has 0 bridgehead atoms. The first kappa shape index (κ1) is 16.5. The molecule has 0 heterocycles. The van der Waals surface area contributed by atoms with Crippen molar-refractivity contribution in [3.8, 4) is 5.75 Å². The zero-order valence-electron chi connectivity index (χ0n) is 13.2. The number of carbonyl (C=O) groups excluding carboxylic acids is 1. The number of hydrogen-bond acceptors (Lipinski definition) is 4. The highest BCUT2D eigenvalue weighted by molar-refractivity contribution is 5.82. The Hall–Kier alpha value is -2.89. The number of ether oxygens (including phenoxy) is 1. The maximum absolute atomic E-state index is 12.4. The molecule has 0 aliphatic heterocycles. The van der Waals surface area contributed by atoms with Gasteiger partial charge in [-0.1, -0.05) is 36.4 Å². The summed E-state index contributed by atoms with van der Waals surface area (Å²) in [7, 11) is 3.23. The van der Waals surface area contributed by atoms with Crippen molar-refractivity contribution >= 4 is 11.6 Å². The Morgan fingerprint density at radius 2 is 1.83 bits per heavy atom. The van der Waals surface area contributed by atoms with Crippen LogP contribution in [0.25, 0.3) is 0 Å². The molecule has 0 N–H and O–H groups in total. The summed E-state index contributed by atoms with van der Waals surface area (Å²) in [5.41, 5.74) is 1.23. The first-order valence-corrected chi connectivity index (χ1v) is 7.08. The Labute approximate surface area is 134 Å². The number of carbonyl (C=O) groups is 1. The molecule has 23 heavy (non-hydrogen) atoms. The van der Waals surface area contributed by atoms with Crippen molar-refractivity contribution < 1.29 is 14.5 Å². The molecule has 0 unspecified atom stereocenters. The molecule has 6 nitrogen and oxygen atoms in total. The Morgan fingerprint density at radius 1 is 1.17 bits per heavy atom. The molecule has 0 saturated heterocycles. The van der Waals surface area contributed by atoms with Gasteiger partial charge >= 0.3 is 5.69 Å². The van der Waals surface area contributed by atoms with Crippen LogP contribution in [0.2, 0.25) is 0 Å². The minimum atomic E-state index is -0.937. The summed E-state index contributed by atoms with van der Waals surface area (Å²) in [5.74, 6) is -0.212. The van der Waals surface area contributed by atoms with Gasteiger partial charge in [0.05, 0.1) is 4.92 Å². The molecule has 0 saturated carbocycles. The molecule has 1 amide bonds. The maximum Gasteiger partial charge on any atom is 0.311 e. The van der Waals surface area contributed by atoms with Gasteiger partial charge in [0.2, 0.25) is 6.10 Å². The molecule has 1 atom stereocenters. The summed E-state index contributed by atoms with van der Waals surface area (Å²) < 4.78 is 5.74. The van der Waals surface area contributed by atoms with Crippen LogP contribution in [0.15, 0.2) is 48.5 Å². The van der Waals surface area contributed by atoms with Gasteiger partial charge in [-0.2, -0.15) is 0 Å². The molecular weight excluding hydrogens is 296 g/mol. The Morgan fingerprint density at radius 3 is 2.39 bits per heavy atom. The average molecular weight is 314 g/mol. The van der Waals surface area contributed by atoms with E-state index in [1.165, 1.54) is 17.0 Å². The number of hydrogen-bond donors (Lipinski definition) is 0. The highest BCUT2D eigenvalue weighted by atomic mass is 16.6. The van der Waals surface area contributed by atoms with Crippen molar-refractivity contribution in [2.24, 2.45) is 0 Å². The van der Waals surface area contributed by atoms with Gasteiger partial charge in [-0.25, -0.2) is 0 Å². The summed E-state index contributed by atoms with van der Waals surface area (Å²) in [4.78, 5) is 24.5. The van der Waals surface area contributed by atoms with Crippen molar-refractivity contribution in [1.29, 1.82) is 0 Å². The zero-order chi connectivity index (χ0) is 17.0. The minimum absolute atomic E-state index is 0.0738. The molecule has 2 rings (SSSR count). The number of benzene rings is 2. The molecule has 0 fully saturated rings. The van der Waals surface area contributed by atoms with Crippen molar-refractivity contribution in [3.05, 3.63) is 69.8 Å². The second-order valence-electron chi connectivity index (χ2n) is 5.37. The lowest BCUT2D eigenvalue weighted by Gasteiger charge is -2.22. The zero-order valence-corrected chi connectivity index (χ0v) is 13.2. The fourth-order valence-corrected chi connectivity index (χ4v) is 2.12. The second kappa shape index (κ2) is 6.91. The SMILES string of the molecule is Cc1ccc(O[C@H](C(=O)N(C)C)c2ccccc2)c([N+](=O)[O-])c1. The van der Waals surface area contributed by atoms with Crippen LogP contribution in [0.1, 0.15) is 17.2 Å². The van der Waals surface area contributed by atoms with E-state index in [0.717, 1.165) is 5.56 Å². The molecule has 2 aromatic carbocycles. The smallest absolute Gasteiger partial charge is 0.311 e. The normalized spacial score (nSPS) is 11.6. The molecule has 6 heteroatoms. The third-order valence-electron chi connectivity index (χ3n) is 3.32. The predicted octanol–water partition coefficient (Wildman–Crippen LogP) is 3.11. The summed E-state index contributed by atoms with van der Waals surface area (Å²) in [6.45, 7) is 1.76. The molecule has 0 spiro atoms. The van der Waals surface area contributed by atoms with E-state index in [9.17, 15) is 14.9 Å². The summed E-state index contributed by atoms with van der Waals surface area (Å²) in [6, 6.07) is 13.6. The van der Waals surface area contributed by atoms with Crippen LogP contribution in [0.4, 0.5) is 5.69 Å². The number of nitro groups is 1. The van der Waals surface area contributed by atoms with Crippen LogP contribution in [0.3, 0.4) is 0 Å². The van der Waals surface area contributed by atoms with Crippen LogP contribution in [0.5, 0.6) is 5.75 Å². The molecule has 0 radical (unpaired) electrons. The standard InChI is InChI=1S/C17H18N2O4/c1-12-9-10-15(14(11-12)19(21)22)23-16(17(20)18(2)3)13-7-5-4-6-8-13/h4-11,16H,1-3H3/t16-/m0/s1. The van der Waals surface area contributed by atoms with E-state index in [1.807, 2.05) is 6.07 Å². The highest BCUT2D eigenvalue weighted by Gasteiger charge is 2.27. The van der Waals surface area contributed by atoms with E-state index in [1.54, 1.807) is 51.4 Å². The third-order valence-corrected chi connectivity index (χ3v) is 3.32. The molecule has 0 aliphatic carbocycles. The lowest BCUT2D eigenvalue weighted by Crippen LogP contribution is -2.31. The van der Waals surface area contributed by atoms with Crippen LogP contribution in [0, 0.1) is 17.0 Å². The number of nitro benzene ring substituents is 1.